The lowest BCUT2D eigenvalue weighted by molar-refractivity contribution is 0.238. The van der Waals surface area contributed by atoms with Crippen molar-refractivity contribution in [2.24, 2.45) is 0 Å². The fourth-order valence-corrected chi connectivity index (χ4v) is 2.32. The van der Waals surface area contributed by atoms with E-state index in [9.17, 15) is 0 Å². The maximum atomic E-state index is 5.51. The second kappa shape index (κ2) is 4.22. The molecule has 1 aromatic heterocycles. The summed E-state index contributed by atoms with van der Waals surface area (Å²) in [5.74, 6) is 0.386. The first-order valence-corrected chi connectivity index (χ1v) is 5.81. The van der Waals surface area contributed by atoms with E-state index in [1.54, 1.807) is 6.07 Å². The number of nitrogens with two attached hydrogens (primary N) is 1. The molecule has 2 aromatic rings. The van der Waals surface area contributed by atoms with Gasteiger partial charge in [-0.1, -0.05) is 29.4 Å². The van der Waals surface area contributed by atoms with Gasteiger partial charge in [0.25, 0.3) is 0 Å². The van der Waals surface area contributed by atoms with Gasteiger partial charge in [0.1, 0.15) is 0 Å². The molecule has 2 N–H and O–H groups in total. The van der Waals surface area contributed by atoms with Crippen LogP contribution in [-0.4, -0.2) is 16.6 Å². The van der Waals surface area contributed by atoms with Crippen LogP contribution in [0.1, 0.15) is 16.8 Å². The third-order valence-electron chi connectivity index (χ3n) is 3.17. The summed E-state index contributed by atoms with van der Waals surface area (Å²) in [6, 6.07) is 10.4. The lowest BCUT2D eigenvalue weighted by Crippen LogP contribution is -2.30. The normalized spacial score (nSPS) is 15.8. The standard InChI is InChI=1S/C13H15N3O/c14-13-7-12(15-17-13)9-16-6-5-10-3-1-2-4-11(10)8-16/h1-4,7H,5-6,8-9,14H2. The van der Waals surface area contributed by atoms with Gasteiger partial charge >= 0.3 is 0 Å². The van der Waals surface area contributed by atoms with Gasteiger partial charge < -0.3 is 10.3 Å². The van der Waals surface area contributed by atoms with E-state index >= 15 is 0 Å². The molecule has 0 amide bonds. The van der Waals surface area contributed by atoms with Crippen molar-refractivity contribution in [2.45, 2.75) is 19.5 Å². The van der Waals surface area contributed by atoms with Gasteiger partial charge in [-0.3, -0.25) is 4.90 Å². The van der Waals surface area contributed by atoms with E-state index in [0.29, 0.717) is 5.88 Å². The minimum Gasteiger partial charge on any atom is -0.368 e. The molecule has 0 bridgehead atoms. The van der Waals surface area contributed by atoms with Crippen LogP contribution in [0.4, 0.5) is 5.88 Å². The maximum Gasteiger partial charge on any atom is 0.222 e. The van der Waals surface area contributed by atoms with Crippen LogP contribution in [0.3, 0.4) is 0 Å². The molecule has 1 aliphatic heterocycles. The van der Waals surface area contributed by atoms with Crippen LogP contribution in [0.2, 0.25) is 0 Å². The number of benzene rings is 1. The van der Waals surface area contributed by atoms with Gasteiger partial charge in [-0.2, -0.15) is 0 Å². The SMILES string of the molecule is Nc1cc(CN2CCc3ccccc3C2)no1. The van der Waals surface area contributed by atoms with Gasteiger partial charge in [-0.05, 0) is 17.5 Å². The molecule has 0 spiro atoms. The summed E-state index contributed by atoms with van der Waals surface area (Å²) in [7, 11) is 0. The topological polar surface area (TPSA) is 55.3 Å². The Morgan fingerprint density at radius 2 is 2.12 bits per heavy atom. The maximum absolute atomic E-state index is 5.51. The van der Waals surface area contributed by atoms with Crippen LogP contribution >= 0.6 is 0 Å². The molecule has 0 saturated carbocycles. The minimum absolute atomic E-state index is 0.386. The van der Waals surface area contributed by atoms with Gasteiger partial charge in [-0.15, -0.1) is 0 Å². The Bertz CT molecular complexity index is 521. The summed E-state index contributed by atoms with van der Waals surface area (Å²) >= 11 is 0. The zero-order valence-electron chi connectivity index (χ0n) is 9.60. The van der Waals surface area contributed by atoms with Crippen molar-refractivity contribution < 1.29 is 4.52 Å². The van der Waals surface area contributed by atoms with Crippen LogP contribution in [0.5, 0.6) is 0 Å². The first-order valence-electron chi connectivity index (χ1n) is 5.81. The van der Waals surface area contributed by atoms with Crippen molar-refractivity contribution in [3.63, 3.8) is 0 Å². The van der Waals surface area contributed by atoms with Crippen molar-refractivity contribution in [2.75, 3.05) is 12.3 Å². The molecule has 0 radical (unpaired) electrons. The molecular weight excluding hydrogens is 214 g/mol. The molecule has 0 atom stereocenters. The van der Waals surface area contributed by atoms with Gasteiger partial charge in [0, 0.05) is 25.7 Å². The fraction of sp³-hybridized carbons (Fsp3) is 0.308. The second-order valence-corrected chi connectivity index (χ2v) is 4.45. The summed E-state index contributed by atoms with van der Waals surface area (Å²) < 4.78 is 4.88. The zero-order valence-corrected chi connectivity index (χ0v) is 9.60. The van der Waals surface area contributed by atoms with Gasteiger partial charge in [-0.25, -0.2) is 0 Å². The molecule has 0 aliphatic carbocycles. The Hall–Kier alpha value is -1.81. The number of hydrogen-bond donors (Lipinski definition) is 1. The highest BCUT2D eigenvalue weighted by Crippen LogP contribution is 2.20. The lowest BCUT2D eigenvalue weighted by Gasteiger charge is -2.27. The highest BCUT2D eigenvalue weighted by atomic mass is 16.5. The number of hydrogen-bond acceptors (Lipinski definition) is 4. The number of nitrogens with zero attached hydrogens (tertiary/aromatic N) is 2. The van der Waals surface area contributed by atoms with Crippen molar-refractivity contribution in [1.29, 1.82) is 0 Å². The average molecular weight is 229 g/mol. The second-order valence-electron chi connectivity index (χ2n) is 4.45. The number of anilines is 1. The van der Waals surface area contributed by atoms with E-state index in [2.05, 4.69) is 34.3 Å². The predicted octanol–water partition coefficient (Wildman–Crippen LogP) is 1.82. The quantitative estimate of drug-likeness (QED) is 0.853. The highest BCUT2D eigenvalue weighted by Gasteiger charge is 2.16. The molecule has 0 fully saturated rings. The Morgan fingerprint density at radius 1 is 1.29 bits per heavy atom. The first kappa shape index (κ1) is 10.4. The smallest absolute Gasteiger partial charge is 0.222 e. The molecule has 1 aromatic carbocycles. The number of nitrogen functional groups attached to an aromatic ring is 1. The monoisotopic (exact) mass is 229 g/mol. The Balaban J connectivity index is 1.72. The number of aromatic nitrogens is 1. The van der Waals surface area contributed by atoms with Crippen molar-refractivity contribution in [3.8, 4) is 0 Å². The van der Waals surface area contributed by atoms with Gasteiger partial charge in [0.15, 0.2) is 0 Å². The predicted molar refractivity (Wildman–Crippen MR) is 65.2 cm³/mol. The Kier molecular flexibility index (Phi) is 2.57. The van der Waals surface area contributed by atoms with Crippen molar-refractivity contribution >= 4 is 5.88 Å². The summed E-state index contributed by atoms with van der Waals surface area (Å²) in [4.78, 5) is 2.36. The molecule has 4 nitrogen and oxygen atoms in total. The molecular formula is C13H15N3O. The molecule has 0 unspecified atom stereocenters. The molecule has 1 aliphatic rings. The Morgan fingerprint density at radius 3 is 2.88 bits per heavy atom. The zero-order chi connectivity index (χ0) is 11.7. The average Bonchev–Trinajstić information content (AvgIpc) is 2.75. The molecule has 17 heavy (non-hydrogen) atoms. The highest BCUT2D eigenvalue weighted by molar-refractivity contribution is 5.29. The summed E-state index contributed by atoms with van der Waals surface area (Å²) in [6.07, 6.45) is 1.10. The van der Waals surface area contributed by atoms with Crippen LogP contribution in [0.15, 0.2) is 34.9 Å². The molecule has 0 saturated heterocycles. The van der Waals surface area contributed by atoms with Crippen molar-refractivity contribution in [1.82, 2.24) is 10.1 Å². The molecule has 88 valence electrons. The molecule has 3 rings (SSSR count). The number of fused-ring (bicyclic) bond motifs is 1. The van der Waals surface area contributed by atoms with E-state index in [-0.39, 0.29) is 0 Å². The summed E-state index contributed by atoms with van der Waals surface area (Å²) in [5, 5.41) is 3.92. The van der Waals surface area contributed by atoms with E-state index < -0.39 is 0 Å². The van der Waals surface area contributed by atoms with Gasteiger partial charge in [0.2, 0.25) is 5.88 Å². The van der Waals surface area contributed by atoms with Crippen LogP contribution in [-0.2, 0) is 19.5 Å². The van der Waals surface area contributed by atoms with E-state index in [1.807, 2.05) is 0 Å². The van der Waals surface area contributed by atoms with Gasteiger partial charge in [0.05, 0.1) is 5.69 Å². The summed E-state index contributed by atoms with van der Waals surface area (Å²) in [6.45, 7) is 2.84. The van der Waals surface area contributed by atoms with E-state index in [0.717, 1.165) is 31.7 Å². The number of rotatable bonds is 2. The van der Waals surface area contributed by atoms with E-state index in [1.165, 1.54) is 11.1 Å². The molecule has 2 heterocycles. The molecule has 4 heteroatoms. The largest absolute Gasteiger partial charge is 0.368 e. The van der Waals surface area contributed by atoms with Crippen molar-refractivity contribution in [3.05, 3.63) is 47.2 Å². The minimum atomic E-state index is 0.386. The van der Waals surface area contributed by atoms with Crippen LogP contribution in [0, 0.1) is 0 Å². The first-order chi connectivity index (χ1) is 8.31. The lowest BCUT2D eigenvalue weighted by atomic mass is 10.00. The third kappa shape index (κ3) is 2.17. The fourth-order valence-electron chi connectivity index (χ4n) is 2.32. The Labute approximate surface area is 100 Å². The van der Waals surface area contributed by atoms with Crippen LogP contribution < -0.4 is 5.73 Å². The van der Waals surface area contributed by atoms with Crippen LogP contribution in [0.25, 0.3) is 0 Å². The summed E-state index contributed by atoms with van der Waals surface area (Å²) in [5.41, 5.74) is 9.29. The van der Waals surface area contributed by atoms with E-state index in [4.69, 9.17) is 10.3 Å². The third-order valence-corrected chi connectivity index (χ3v) is 3.17.